The van der Waals surface area contributed by atoms with E-state index in [4.69, 9.17) is 75.8 Å². The van der Waals surface area contributed by atoms with Crippen LogP contribution in [0.1, 0.15) is 92.6 Å². The van der Waals surface area contributed by atoms with Crippen molar-refractivity contribution in [3.63, 3.8) is 0 Å². The first-order chi connectivity index (χ1) is 72.9. The summed E-state index contributed by atoms with van der Waals surface area (Å²) >= 11 is 0. The molecule has 0 aromatic heterocycles. The van der Waals surface area contributed by atoms with E-state index in [2.05, 4.69) is 36.4 Å². The molecule has 14 aromatic carbocycles. The van der Waals surface area contributed by atoms with Crippen molar-refractivity contribution < 1.29 is 85.4 Å². The summed E-state index contributed by atoms with van der Waals surface area (Å²) in [6.07, 6.45) is 2.62. The monoisotopic (exact) mass is 1980 g/mol. The third-order valence-electron chi connectivity index (χ3n) is 24.0. The first-order valence-corrected chi connectivity index (χ1v) is 49.4. The lowest BCUT2D eigenvalue weighted by Crippen LogP contribution is -2.38. The first-order valence-electron chi connectivity index (χ1n) is 49.4. The summed E-state index contributed by atoms with van der Waals surface area (Å²) < 4.78 is 103. The van der Waals surface area contributed by atoms with Crippen LogP contribution in [0.3, 0.4) is 0 Å². The number of amides is 2. The Bertz CT molecular complexity index is 6170. The van der Waals surface area contributed by atoms with E-state index in [0.29, 0.717) is 120 Å². The Hall–Kier alpha value is -17.6. The second-order valence-corrected chi connectivity index (χ2v) is 34.2. The van der Waals surface area contributed by atoms with Crippen molar-refractivity contribution in [2.75, 3.05) is 158 Å². The summed E-state index contributed by atoms with van der Waals surface area (Å²) in [6.45, 7) is 4.29. The maximum atomic E-state index is 15.4. The van der Waals surface area contributed by atoms with Crippen LogP contribution in [0.2, 0.25) is 0 Å². The molecule has 2 amide bonds. The molecule has 14 aromatic rings. The average Bonchev–Trinajstić information content (AvgIpc) is 0.804. The minimum absolute atomic E-state index is 0.113. The highest BCUT2D eigenvalue weighted by atomic mass is 16.6. The maximum absolute atomic E-state index is 15.4. The molecule has 0 aliphatic carbocycles. The van der Waals surface area contributed by atoms with E-state index >= 15 is 9.59 Å². The molecule has 1 saturated heterocycles. The standard InChI is InChI=1S/C122H112N8O18/c123-83-89-7-19-95(20-8-89)101-31-43-109(44-32-101)137-59-1-65-143-115-79-107(80-116(144-66-2-60-138-110-45-33-102(34-46-110)96-21-9-90(84-124)10-22-96)119(115)147-69-5-63-141-113-51-39-105(40-52-113)99-27-15-93(87-127)16-28-99)121(131)129-55-71-133-75-77-135-73-57-130(58-74-136-78-76-134-72-56-129)122(132)108-81-117(145-67-3-61-139-111-47-35-103(36-48-111)97-23-11-91(85-125)12-24-97)120(148-70-6-64-142-114-53-41-106(42-54-114)100-29-17-94(88-128)18-30-100)118(82-108)146-68-4-62-140-112-49-37-104(38-50-112)98-25-13-92(86-126)14-26-98/h7-54,79-82H,1-6,55-78H2. The van der Waals surface area contributed by atoms with E-state index in [0.717, 1.165) is 66.8 Å². The zero-order valence-corrected chi connectivity index (χ0v) is 82.2. The molecule has 1 heterocycles. The second kappa shape index (κ2) is 56.5. The molecule has 15 rings (SSSR count). The predicted molar refractivity (Wildman–Crippen MR) is 561 cm³/mol. The molecule has 148 heavy (non-hydrogen) atoms. The van der Waals surface area contributed by atoms with E-state index in [9.17, 15) is 31.6 Å². The number of hydrogen-bond acceptors (Lipinski definition) is 24. The third-order valence-corrected chi connectivity index (χ3v) is 24.0. The van der Waals surface area contributed by atoms with Gasteiger partial charge in [-0.05, 0) is 237 Å². The molecule has 26 nitrogen and oxygen atoms in total. The van der Waals surface area contributed by atoms with Gasteiger partial charge in [-0.25, -0.2) is 0 Å². The largest absolute Gasteiger partial charge is 0.493 e. The topological polar surface area (TPSA) is 331 Å². The van der Waals surface area contributed by atoms with Crippen molar-refractivity contribution >= 4 is 11.8 Å². The lowest BCUT2D eigenvalue weighted by atomic mass is 10.0. The molecule has 748 valence electrons. The van der Waals surface area contributed by atoms with E-state index in [1.807, 2.05) is 218 Å². The smallest absolute Gasteiger partial charge is 0.254 e. The van der Waals surface area contributed by atoms with Gasteiger partial charge < -0.3 is 85.6 Å². The lowest BCUT2D eigenvalue weighted by molar-refractivity contribution is 0.00887. The van der Waals surface area contributed by atoms with Crippen LogP contribution >= 0.6 is 0 Å². The van der Waals surface area contributed by atoms with Crippen LogP contribution in [0, 0.1) is 68.0 Å². The fourth-order valence-corrected chi connectivity index (χ4v) is 15.9. The van der Waals surface area contributed by atoms with Crippen LogP contribution in [0.5, 0.6) is 69.0 Å². The Morgan fingerprint density at radius 2 is 0.351 bits per heavy atom. The molecule has 0 saturated carbocycles. The van der Waals surface area contributed by atoms with Crippen molar-refractivity contribution in [1.82, 2.24) is 9.80 Å². The fraction of sp³-hybridized carbons (Fsp3) is 0.246. The SMILES string of the molecule is N#Cc1ccc(-c2ccc(OCCCOc3cc(C(=O)N4CCOCCOCCN(C(=O)c5cc(OCCCOc6ccc(-c7ccc(C#N)cc7)cc6)c(OCCCOc6ccc(-c7ccc(C#N)cc7)cc6)c(OCCCOc6ccc(-c7ccc(C#N)cc7)cc6)c5)CCOCCOCC4)cc(OCCCOc4ccc(-c5ccc(C#N)cc5)cc4)c3OCCCOc3ccc(-c4ccc(C#N)cc4)cc3)cc2)cc1. The number of carbonyl (C=O) groups is 2. The van der Waals surface area contributed by atoms with Crippen LogP contribution in [0.25, 0.3) is 66.8 Å². The second-order valence-electron chi connectivity index (χ2n) is 34.2. The lowest BCUT2D eigenvalue weighted by Gasteiger charge is -2.25. The Morgan fingerprint density at radius 1 is 0.203 bits per heavy atom. The molecule has 0 N–H and O–H groups in total. The summed E-state index contributed by atoms with van der Waals surface area (Å²) in [7, 11) is 0. The number of hydrogen-bond donors (Lipinski definition) is 0. The van der Waals surface area contributed by atoms with Crippen molar-refractivity contribution in [1.29, 1.82) is 31.6 Å². The molecule has 1 aliphatic heterocycles. The van der Waals surface area contributed by atoms with Crippen LogP contribution < -0.4 is 56.8 Å². The molecule has 0 atom stereocenters. The van der Waals surface area contributed by atoms with Gasteiger partial charge in [0, 0.05) is 75.8 Å². The molecule has 0 spiro atoms. The number of nitrogens with zero attached hydrogens (tertiary/aromatic N) is 8. The van der Waals surface area contributed by atoms with Crippen LogP contribution in [-0.2, 0) is 18.9 Å². The van der Waals surface area contributed by atoms with Gasteiger partial charge in [0.2, 0.25) is 11.5 Å². The molecular formula is C122H112N8O18. The summed E-state index contributed by atoms with van der Waals surface area (Å²) in [5.74, 6) is 4.82. The van der Waals surface area contributed by atoms with Gasteiger partial charge in [0.25, 0.3) is 11.8 Å². The Labute approximate surface area is 862 Å². The average molecular weight is 1980 g/mol. The van der Waals surface area contributed by atoms with Gasteiger partial charge in [-0.1, -0.05) is 146 Å². The summed E-state index contributed by atoms with van der Waals surface area (Å²) in [6, 6.07) is 110. The van der Waals surface area contributed by atoms with E-state index in [-0.39, 0.29) is 203 Å². The zero-order valence-electron chi connectivity index (χ0n) is 82.2. The van der Waals surface area contributed by atoms with Crippen LogP contribution in [-0.4, -0.2) is 180 Å². The molecule has 0 bridgehead atoms. The van der Waals surface area contributed by atoms with Crippen molar-refractivity contribution in [2.45, 2.75) is 38.5 Å². The highest BCUT2D eigenvalue weighted by molar-refractivity contribution is 5.96. The van der Waals surface area contributed by atoms with Gasteiger partial charge in [-0.15, -0.1) is 0 Å². The quantitative estimate of drug-likeness (QED) is 0.0320. The maximum Gasteiger partial charge on any atom is 0.254 e. The minimum Gasteiger partial charge on any atom is -0.493 e. The van der Waals surface area contributed by atoms with Crippen LogP contribution in [0.4, 0.5) is 0 Å². The fourth-order valence-electron chi connectivity index (χ4n) is 15.9. The molecule has 1 fully saturated rings. The number of ether oxygens (including phenoxy) is 16. The van der Waals surface area contributed by atoms with Gasteiger partial charge in [0.1, 0.15) is 34.5 Å². The summed E-state index contributed by atoms with van der Waals surface area (Å²) in [5.41, 5.74) is 15.6. The summed E-state index contributed by atoms with van der Waals surface area (Å²) in [4.78, 5) is 34.2. The number of benzene rings is 14. The molecule has 0 radical (unpaired) electrons. The predicted octanol–water partition coefficient (Wildman–Crippen LogP) is 22.7. The molecular weight excluding hydrogens is 1870 g/mol. The van der Waals surface area contributed by atoms with E-state index in [1.54, 1.807) is 107 Å². The van der Waals surface area contributed by atoms with E-state index in [1.165, 1.54) is 0 Å². The summed E-state index contributed by atoms with van der Waals surface area (Å²) in [5, 5.41) is 56.2. The minimum atomic E-state index is -0.363. The van der Waals surface area contributed by atoms with Gasteiger partial charge in [-0.3, -0.25) is 9.59 Å². The highest BCUT2D eigenvalue weighted by Gasteiger charge is 2.27. The third kappa shape index (κ3) is 31.7. The van der Waals surface area contributed by atoms with Crippen molar-refractivity contribution in [3.8, 4) is 172 Å². The zero-order chi connectivity index (χ0) is 102. The van der Waals surface area contributed by atoms with Crippen LogP contribution in [0.15, 0.2) is 315 Å². The number of rotatable bonds is 44. The van der Waals surface area contributed by atoms with Gasteiger partial charge in [0.05, 0.1) is 202 Å². The van der Waals surface area contributed by atoms with Gasteiger partial charge >= 0.3 is 0 Å². The normalized spacial score (nSPS) is 12.4. The Balaban J connectivity index is 0.625. The molecule has 1 aliphatic rings. The Kier molecular flexibility index (Phi) is 39.9. The number of carbonyl (C=O) groups excluding carboxylic acids is 2. The van der Waals surface area contributed by atoms with Gasteiger partial charge in [-0.2, -0.15) is 31.6 Å². The highest BCUT2D eigenvalue weighted by Crippen LogP contribution is 2.43. The van der Waals surface area contributed by atoms with Crippen molar-refractivity contribution in [3.05, 3.63) is 360 Å². The van der Waals surface area contributed by atoms with Gasteiger partial charge in [0.15, 0.2) is 23.0 Å². The molecule has 26 heteroatoms. The number of nitriles is 6. The van der Waals surface area contributed by atoms with Crippen molar-refractivity contribution in [2.24, 2.45) is 0 Å². The molecule has 0 unspecified atom stereocenters. The van der Waals surface area contributed by atoms with E-state index < -0.39 is 0 Å². The first kappa shape index (κ1) is 105. The Morgan fingerprint density at radius 3 is 0.514 bits per heavy atom.